The molecule has 5 nitrogen and oxygen atoms in total. The monoisotopic (exact) mass is 264 g/mol. The molecule has 1 aromatic carbocycles. The van der Waals surface area contributed by atoms with Gasteiger partial charge in [-0.3, -0.25) is 9.69 Å². The van der Waals surface area contributed by atoms with Crippen LogP contribution in [0.4, 0.5) is 0 Å². The van der Waals surface area contributed by atoms with Crippen molar-refractivity contribution < 1.29 is 14.6 Å². The summed E-state index contributed by atoms with van der Waals surface area (Å²) in [6, 6.07) is 5.18. The smallest absolute Gasteiger partial charge is 0.320 e. The number of benzene rings is 1. The van der Waals surface area contributed by atoms with E-state index in [0.29, 0.717) is 6.42 Å². The molecule has 3 N–H and O–H groups in total. The van der Waals surface area contributed by atoms with E-state index in [1.54, 1.807) is 7.11 Å². The number of ether oxygens (including phenoxy) is 1. The van der Waals surface area contributed by atoms with Gasteiger partial charge in [-0.2, -0.15) is 0 Å². The molecule has 0 aromatic heterocycles. The summed E-state index contributed by atoms with van der Waals surface area (Å²) in [7, 11) is 3.63. The Kier molecular flexibility index (Phi) is 4.07. The Bertz CT molecular complexity index is 476. The second-order valence-corrected chi connectivity index (χ2v) is 4.99. The van der Waals surface area contributed by atoms with E-state index >= 15 is 0 Å². The highest BCUT2D eigenvalue weighted by Gasteiger charge is 2.28. The van der Waals surface area contributed by atoms with Crippen molar-refractivity contribution in [3.63, 3.8) is 0 Å². The minimum absolute atomic E-state index is 0.0324. The Morgan fingerprint density at radius 2 is 2.37 bits per heavy atom. The van der Waals surface area contributed by atoms with E-state index in [4.69, 9.17) is 15.6 Å². The Morgan fingerprint density at radius 3 is 3.00 bits per heavy atom. The number of likely N-dealkylation sites (N-methyl/N-ethyl adjacent to an activating group) is 1. The number of carboxylic acids is 1. The minimum Gasteiger partial charge on any atom is -0.497 e. The van der Waals surface area contributed by atoms with Gasteiger partial charge in [0.1, 0.15) is 11.8 Å². The maximum absolute atomic E-state index is 10.9. The SMILES string of the molecule is COc1ccc2c(c1)C(CC(N)C(=O)O)N(C)CC2. The van der Waals surface area contributed by atoms with Gasteiger partial charge >= 0.3 is 5.97 Å². The van der Waals surface area contributed by atoms with Crippen LogP contribution in [0.3, 0.4) is 0 Å². The van der Waals surface area contributed by atoms with Crippen molar-refractivity contribution in [3.05, 3.63) is 29.3 Å². The Morgan fingerprint density at radius 1 is 1.63 bits per heavy atom. The zero-order valence-electron chi connectivity index (χ0n) is 11.3. The van der Waals surface area contributed by atoms with Gasteiger partial charge < -0.3 is 15.6 Å². The van der Waals surface area contributed by atoms with E-state index in [0.717, 1.165) is 24.3 Å². The molecule has 0 spiro atoms. The lowest BCUT2D eigenvalue weighted by molar-refractivity contribution is -0.139. The summed E-state index contributed by atoms with van der Waals surface area (Å²) >= 11 is 0. The maximum atomic E-state index is 10.9. The molecule has 2 unspecified atom stereocenters. The first kappa shape index (κ1) is 13.8. The molecular weight excluding hydrogens is 244 g/mol. The maximum Gasteiger partial charge on any atom is 0.320 e. The average Bonchev–Trinajstić information content (AvgIpc) is 2.41. The van der Waals surface area contributed by atoms with Crippen LogP contribution in [-0.4, -0.2) is 42.7 Å². The highest BCUT2D eigenvalue weighted by molar-refractivity contribution is 5.73. The molecule has 0 fully saturated rings. The molecule has 1 aromatic rings. The fourth-order valence-electron chi connectivity index (χ4n) is 2.58. The van der Waals surface area contributed by atoms with Crippen molar-refractivity contribution in [2.75, 3.05) is 20.7 Å². The Hall–Kier alpha value is -1.59. The second kappa shape index (κ2) is 5.59. The first-order chi connectivity index (χ1) is 9.02. The number of nitrogens with zero attached hydrogens (tertiary/aromatic N) is 1. The molecule has 1 aliphatic heterocycles. The fraction of sp³-hybridized carbons (Fsp3) is 0.500. The Labute approximate surface area is 113 Å². The number of carbonyl (C=O) groups is 1. The van der Waals surface area contributed by atoms with Crippen LogP contribution in [-0.2, 0) is 11.2 Å². The van der Waals surface area contributed by atoms with Gasteiger partial charge in [-0.05, 0) is 43.1 Å². The van der Waals surface area contributed by atoms with Crippen LogP contribution in [0.1, 0.15) is 23.6 Å². The lowest BCUT2D eigenvalue weighted by Crippen LogP contribution is -2.39. The minimum atomic E-state index is -0.955. The molecule has 5 heteroatoms. The van der Waals surface area contributed by atoms with Crippen LogP contribution in [0.15, 0.2) is 18.2 Å². The van der Waals surface area contributed by atoms with Crippen LogP contribution < -0.4 is 10.5 Å². The molecule has 0 saturated carbocycles. The molecule has 1 heterocycles. The van der Waals surface area contributed by atoms with Gasteiger partial charge in [-0.15, -0.1) is 0 Å². The van der Waals surface area contributed by atoms with Crippen LogP contribution in [0.5, 0.6) is 5.75 Å². The summed E-state index contributed by atoms with van der Waals surface area (Å²) in [6.45, 7) is 0.913. The van der Waals surface area contributed by atoms with E-state index in [9.17, 15) is 4.79 Å². The number of hydrogen-bond acceptors (Lipinski definition) is 4. The zero-order valence-corrected chi connectivity index (χ0v) is 11.3. The number of carboxylic acid groups (broad SMARTS) is 1. The third kappa shape index (κ3) is 2.88. The molecule has 2 atom stereocenters. The predicted molar refractivity (Wildman–Crippen MR) is 72.3 cm³/mol. The lowest BCUT2D eigenvalue weighted by atomic mass is 9.89. The summed E-state index contributed by atoms with van der Waals surface area (Å²) in [4.78, 5) is 13.1. The number of nitrogens with two attached hydrogens (primary N) is 1. The highest BCUT2D eigenvalue weighted by Crippen LogP contribution is 2.34. The van der Waals surface area contributed by atoms with E-state index in [2.05, 4.69) is 11.0 Å². The topological polar surface area (TPSA) is 75.8 Å². The standard InChI is InChI=1S/C14H20N2O3/c1-16-6-5-9-3-4-10(19-2)7-11(9)13(16)8-12(15)14(17)18/h3-4,7,12-13H,5-6,8,15H2,1-2H3,(H,17,18). The fourth-order valence-corrected chi connectivity index (χ4v) is 2.58. The van der Waals surface area contributed by atoms with E-state index in [1.807, 2.05) is 19.2 Å². The Balaban J connectivity index is 2.30. The zero-order chi connectivity index (χ0) is 14.0. The number of methoxy groups -OCH3 is 1. The number of rotatable bonds is 4. The average molecular weight is 264 g/mol. The number of hydrogen-bond donors (Lipinski definition) is 2. The molecular formula is C14H20N2O3. The van der Waals surface area contributed by atoms with Crippen molar-refractivity contribution in [2.24, 2.45) is 5.73 Å². The van der Waals surface area contributed by atoms with Gasteiger partial charge in [-0.25, -0.2) is 0 Å². The quantitative estimate of drug-likeness (QED) is 0.849. The predicted octanol–water partition coefficient (Wildman–Crippen LogP) is 1.03. The van der Waals surface area contributed by atoms with Crippen molar-refractivity contribution in [2.45, 2.75) is 24.9 Å². The van der Waals surface area contributed by atoms with E-state index in [-0.39, 0.29) is 6.04 Å². The normalized spacial score (nSPS) is 20.7. The molecule has 0 aliphatic carbocycles. The van der Waals surface area contributed by atoms with E-state index in [1.165, 1.54) is 5.56 Å². The van der Waals surface area contributed by atoms with Gasteiger partial charge in [-0.1, -0.05) is 6.07 Å². The molecule has 0 amide bonds. The summed E-state index contributed by atoms with van der Waals surface area (Å²) in [6.07, 6.45) is 1.38. The highest BCUT2D eigenvalue weighted by atomic mass is 16.5. The van der Waals surface area contributed by atoms with Crippen molar-refractivity contribution in [1.82, 2.24) is 4.90 Å². The van der Waals surface area contributed by atoms with Crippen LogP contribution in [0.2, 0.25) is 0 Å². The summed E-state index contributed by atoms with van der Waals surface area (Å²) in [5.41, 5.74) is 8.06. The molecule has 0 radical (unpaired) electrons. The lowest BCUT2D eigenvalue weighted by Gasteiger charge is -2.35. The summed E-state index contributed by atoms with van der Waals surface area (Å²) in [5.74, 6) is -0.161. The van der Waals surface area contributed by atoms with Gasteiger partial charge in [0, 0.05) is 12.6 Å². The van der Waals surface area contributed by atoms with Crippen LogP contribution >= 0.6 is 0 Å². The van der Waals surface area contributed by atoms with Crippen molar-refractivity contribution in [3.8, 4) is 5.75 Å². The summed E-state index contributed by atoms with van der Waals surface area (Å²) < 4.78 is 5.25. The molecule has 0 bridgehead atoms. The van der Waals surface area contributed by atoms with Gasteiger partial charge in [0.05, 0.1) is 7.11 Å². The molecule has 0 saturated heterocycles. The van der Waals surface area contributed by atoms with Crippen molar-refractivity contribution in [1.29, 1.82) is 0 Å². The van der Waals surface area contributed by atoms with Gasteiger partial charge in [0.2, 0.25) is 0 Å². The van der Waals surface area contributed by atoms with Crippen LogP contribution in [0, 0.1) is 0 Å². The third-order valence-electron chi connectivity index (χ3n) is 3.77. The first-order valence-corrected chi connectivity index (χ1v) is 6.38. The number of aliphatic carboxylic acids is 1. The second-order valence-electron chi connectivity index (χ2n) is 4.99. The summed E-state index contributed by atoms with van der Waals surface area (Å²) in [5, 5.41) is 8.98. The largest absolute Gasteiger partial charge is 0.497 e. The van der Waals surface area contributed by atoms with Gasteiger partial charge in [0.25, 0.3) is 0 Å². The first-order valence-electron chi connectivity index (χ1n) is 6.38. The molecule has 104 valence electrons. The molecule has 2 rings (SSSR count). The third-order valence-corrected chi connectivity index (χ3v) is 3.77. The molecule has 19 heavy (non-hydrogen) atoms. The van der Waals surface area contributed by atoms with Crippen molar-refractivity contribution >= 4 is 5.97 Å². The van der Waals surface area contributed by atoms with Gasteiger partial charge in [0.15, 0.2) is 0 Å². The number of fused-ring (bicyclic) bond motifs is 1. The van der Waals surface area contributed by atoms with Crippen LogP contribution in [0.25, 0.3) is 0 Å². The van der Waals surface area contributed by atoms with E-state index < -0.39 is 12.0 Å². The molecule has 1 aliphatic rings.